The van der Waals surface area contributed by atoms with Gasteiger partial charge in [-0.25, -0.2) is 4.98 Å². The number of nitrogens with zero attached hydrogens (tertiary/aromatic N) is 3. The van der Waals surface area contributed by atoms with Crippen LogP contribution in [0, 0.1) is 0 Å². The Labute approximate surface area is 153 Å². The summed E-state index contributed by atoms with van der Waals surface area (Å²) in [7, 11) is 1.94. The number of hydrogen-bond donors (Lipinski definition) is 2. The van der Waals surface area contributed by atoms with Crippen LogP contribution in [0.2, 0.25) is 5.15 Å². The summed E-state index contributed by atoms with van der Waals surface area (Å²) in [6, 6.07) is 5.67. The van der Waals surface area contributed by atoms with Crippen molar-refractivity contribution in [3.05, 3.63) is 41.3 Å². The van der Waals surface area contributed by atoms with Crippen LogP contribution < -0.4 is 10.6 Å². The number of nitrogens with one attached hydrogen (secondary N) is 2. The van der Waals surface area contributed by atoms with E-state index in [0.29, 0.717) is 5.15 Å². The smallest absolute Gasteiger partial charge is 0.129 e. The van der Waals surface area contributed by atoms with Crippen LogP contribution in [0.3, 0.4) is 0 Å². The fourth-order valence-electron chi connectivity index (χ4n) is 2.83. The molecular weight excluding hydrogens is 338 g/mol. The number of ether oxygens (including phenoxy) is 1. The monoisotopic (exact) mass is 361 g/mol. The average Bonchev–Trinajstić information content (AvgIpc) is 2.64. The third-order valence-electron chi connectivity index (χ3n) is 4.19. The van der Waals surface area contributed by atoms with Crippen LogP contribution in [-0.2, 0) is 4.74 Å². The Bertz CT molecular complexity index is 730. The molecule has 2 aromatic heterocycles. The second kappa shape index (κ2) is 9.10. The molecule has 0 unspecified atom stereocenters. The van der Waals surface area contributed by atoms with Gasteiger partial charge >= 0.3 is 0 Å². The van der Waals surface area contributed by atoms with E-state index >= 15 is 0 Å². The molecule has 1 saturated heterocycles. The molecule has 2 N–H and O–H groups in total. The van der Waals surface area contributed by atoms with Crippen molar-refractivity contribution in [2.24, 2.45) is 0 Å². The van der Waals surface area contributed by atoms with Crippen LogP contribution in [0.5, 0.6) is 0 Å². The van der Waals surface area contributed by atoms with Crippen molar-refractivity contribution in [3.63, 3.8) is 0 Å². The molecule has 0 atom stereocenters. The highest BCUT2D eigenvalue weighted by atomic mass is 35.5. The highest BCUT2D eigenvalue weighted by Gasteiger charge is 2.09. The minimum absolute atomic E-state index is 0.481. The van der Waals surface area contributed by atoms with Gasteiger partial charge in [0.1, 0.15) is 5.15 Å². The van der Waals surface area contributed by atoms with Crippen LogP contribution in [0.25, 0.3) is 16.6 Å². The third kappa shape index (κ3) is 5.12. The number of pyridine rings is 2. The number of fused-ring (bicyclic) bond motifs is 1. The van der Waals surface area contributed by atoms with Gasteiger partial charge in [0.15, 0.2) is 0 Å². The molecule has 0 spiro atoms. The minimum atomic E-state index is 0.481. The molecule has 0 saturated carbocycles. The maximum Gasteiger partial charge on any atom is 0.129 e. The van der Waals surface area contributed by atoms with Crippen LogP contribution in [0.1, 0.15) is 5.56 Å². The number of halogens is 1. The van der Waals surface area contributed by atoms with E-state index in [9.17, 15) is 0 Å². The van der Waals surface area contributed by atoms with E-state index < -0.39 is 0 Å². The average molecular weight is 362 g/mol. The van der Waals surface area contributed by atoms with Crippen LogP contribution >= 0.6 is 11.6 Å². The molecule has 1 aliphatic heterocycles. The van der Waals surface area contributed by atoms with Gasteiger partial charge in [0.2, 0.25) is 0 Å². The Hall–Kier alpha value is -1.73. The van der Waals surface area contributed by atoms with Crippen LogP contribution in [-0.4, -0.2) is 67.9 Å². The number of hydrogen-bond acceptors (Lipinski definition) is 6. The zero-order valence-corrected chi connectivity index (χ0v) is 15.2. The predicted octanol–water partition coefficient (Wildman–Crippen LogP) is 1.77. The van der Waals surface area contributed by atoms with Gasteiger partial charge in [-0.1, -0.05) is 11.6 Å². The first-order valence-corrected chi connectivity index (χ1v) is 8.94. The fourth-order valence-corrected chi connectivity index (χ4v) is 2.98. The molecule has 134 valence electrons. The molecule has 1 aliphatic rings. The first kappa shape index (κ1) is 18.1. The van der Waals surface area contributed by atoms with Crippen molar-refractivity contribution >= 4 is 28.2 Å². The van der Waals surface area contributed by atoms with Gasteiger partial charge in [-0.2, -0.15) is 0 Å². The van der Waals surface area contributed by atoms with Crippen LogP contribution in [0.4, 0.5) is 0 Å². The molecule has 7 heteroatoms. The quantitative estimate of drug-likeness (QED) is 0.579. The van der Waals surface area contributed by atoms with E-state index in [4.69, 9.17) is 16.3 Å². The maximum atomic E-state index is 6.00. The van der Waals surface area contributed by atoms with Gasteiger partial charge in [-0.05, 0) is 30.8 Å². The number of morpholine rings is 1. The van der Waals surface area contributed by atoms with Gasteiger partial charge < -0.3 is 15.4 Å². The Morgan fingerprint density at radius 1 is 1.32 bits per heavy atom. The summed E-state index contributed by atoms with van der Waals surface area (Å²) in [6.45, 7) is 6.35. The molecule has 0 aromatic carbocycles. The Morgan fingerprint density at radius 2 is 2.16 bits per heavy atom. The summed E-state index contributed by atoms with van der Waals surface area (Å²) in [5.74, 6) is 0. The van der Waals surface area contributed by atoms with E-state index in [1.807, 2.05) is 25.4 Å². The summed E-state index contributed by atoms with van der Waals surface area (Å²) in [5, 5.41) is 7.10. The first-order valence-electron chi connectivity index (χ1n) is 8.56. The van der Waals surface area contributed by atoms with Gasteiger partial charge in [0.25, 0.3) is 0 Å². The van der Waals surface area contributed by atoms with Crippen molar-refractivity contribution < 1.29 is 4.74 Å². The predicted molar refractivity (Wildman–Crippen MR) is 102 cm³/mol. The van der Waals surface area contributed by atoms with Crippen molar-refractivity contribution in [1.82, 2.24) is 25.5 Å². The van der Waals surface area contributed by atoms with E-state index in [1.54, 1.807) is 6.07 Å². The summed E-state index contributed by atoms with van der Waals surface area (Å²) in [4.78, 5) is 11.2. The lowest BCUT2D eigenvalue weighted by Gasteiger charge is -2.26. The Morgan fingerprint density at radius 3 is 2.96 bits per heavy atom. The van der Waals surface area contributed by atoms with Gasteiger partial charge in [-0.3, -0.25) is 9.88 Å². The summed E-state index contributed by atoms with van der Waals surface area (Å²) < 4.78 is 5.37. The van der Waals surface area contributed by atoms with E-state index in [-0.39, 0.29) is 0 Å². The lowest BCUT2D eigenvalue weighted by Crippen LogP contribution is -2.39. The summed E-state index contributed by atoms with van der Waals surface area (Å²) >= 11 is 6.00. The summed E-state index contributed by atoms with van der Waals surface area (Å²) in [6.07, 6.45) is 3.94. The molecular formula is C18H24ClN5O. The van der Waals surface area contributed by atoms with Crippen molar-refractivity contribution in [2.45, 2.75) is 0 Å². The second-order valence-electron chi connectivity index (χ2n) is 6.00. The van der Waals surface area contributed by atoms with E-state index in [0.717, 1.165) is 68.1 Å². The van der Waals surface area contributed by atoms with Crippen molar-refractivity contribution in [2.75, 3.05) is 53.0 Å². The molecule has 3 heterocycles. The maximum absolute atomic E-state index is 6.00. The normalized spacial score (nSPS) is 16.3. The zero-order valence-electron chi connectivity index (χ0n) is 14.5. The lowest BCUT2D eigenvalue weighted by molar-refractivity contribution is 0.0388. The number of rotatable bonds is 7. The highest BCUT2D eigenvalue weighted by Crippen LogP contribution is 2.19. The zero-order chi connectivity index (χ0) is 17.5. The van der Waals surface area contributed by atoms with Gasteiger partial charge in [0, 0.05) is 50.7 Å². The van der Waals surface area contributed by atoms with Gasteiger partial charge in [0.05, 0.1) is 24.2 Å². The SMILES string of the molecule is CNCC(=CNCCN1CCOCC1)c1cnc2ccc(Cl)nc2c1. The second-order valence-corrected chi connectivity index (χ2v) is 6.39. The largest absolute Gasteiger partial charge is 0.389 e. The Kier molecular flexibility index (Phi) is 6.58. The molecule has 6 nitrogen and oxygen atoms in total. The summed E-state index contributed by atoms with van der Waals surface area (Å²) in [5.41, 5.74) is 3.83. The standard InChI is InChI=1S/C18H24ClN5O/c1-20-11-15(12-21-4-5-24-6-8-25-9-7-24)14-10-17-16(22-13-14)2-3-18(19)23-17/h2-3,10,12-13,20-21H,4-9,11H2,1H3. The topological polar surface area (TPSA) is 62.3 Å². The number of aromatic nitrogens is 2. The third-order valence-corrected chi connectivity index (χ3v) is 4.40. The van der Waals surface area contributed by atoms with E-state index in [1.165, 1.54) is 0 Å². The first-order chi connectivity index (χ1) is 12.3. The van der Waals surface area contributed by atoms with Crippen molar-refractivity contribution in [3.8, 4) is 0 Å². The minimum Gasteiger partial charge on any atom is -0.389 e. The molecule has 25 heavy (non-hydrogen) atoms. The molecule has 3 rings (SSSR count). The van der Waals surface area contributed by atoms with Crippen molar-refractivity contribution in [1.29, 1.82) is 0 Å². The highest BCUT2D eigenvalue weighted by molar-refractivity contribution is 6.29. The molecule has 0 aliphatic carbocycles. The fraction of sp³-hybridized carbons (Fsp3) is 0.444. The van der Waals surface area contributed by atoms with E-state index in [2.05, 4.69) is 31.7 Å². The number of likely N-dealkylation sites (N-methyl/N-ethyl adjacent to an activating group) is 1. The molecule has 0 bridgehead atoms. The Balaban J connectivity index is 1.66. The van der Waals surface area contributed by atoms with Gasteiger partial charge in [-0.15, -0.1) is 0 Å². The molecule has 2 aromatic rings. The molecule has 0 amide bonds. The molecule has 0 radical (unpaired) electrons. The van der Waals surface area contributed by atoms with Crippen LogP contribution in [0.15, 0.2) is 30.6 Å². The lowest BCUT2D eigenvalue weighted by atomic mass is 10.1. The molecule has 1 fully saturated rings.